The van der Waals surface area contributed by atoms with Gasteiger partial charge in [0.2, 0.25) is 0 Å². The number of nitrogens with zero attached hydrogens (tertiary/aromatic N) is 4. The molecule has 0 saturated carbocycles. The fourth-order valence-electron chi connectivity index (χ4n) is 3.83. The zero-order chi connectivity index (χ0) is 19.4. The van der Waals surface area contributed by atoms with Crippen LogP contribution < -0.4 is 9.47 Å². The monoisotopic (exact) mass is 392 g/mol. The highest BCUT2D eigenvalue weighted by molar-refractivity contribution is 6.32. The van der Waals surface area contributed by atoms with E-state index in [1.165, 1.54) is 12.8 Å². The summed E-state index contributed by atoms with van der Waals surface area (Å²) in [4.78, 5) is 6.90. The molecule has 0 spiro atoms. The number of hydrogen-bond donors (Lipinski definition) is 0. The van der Waals surface area contributed by atoms with E-state index in [-0.39, 0.29) is 0 Å². The quantitative estimate of drug-likeness (QED) is 0.715. The molecule has 1 fully saturated rings. The van der Waals surface area contributed by atoms with Crippen molar-refractivity contribution in [3.05, 3.63) is 34.4 Å². The summed E-state index contributed by atoms with van der Waals surface area (Å²) in [6.45, 7) is 10.4. The van der Waals surface area contributed by atoms with E-state index in [4.69, 9.17) is 21.1 Å². The summed E-state index contributed by atoms with van der Waals surface area (Å²) in [5.74, 6) is 3.74. The second kappa shape index (κ2) is 8.93. The largest absolute Gasteiger partial charge is 0.493 e. The summed E-state index contributed by atoms with van der Waals surface area (Å²) in [5, 5.41) is 5.12. The maximum atomic E-state index is 6.42. The molecule has 2 aromatic rings. The maximum Gasteiger partial charge on any atom is 0.179 e. The van der Waals surface area contributed by atoms with Crippen molar-refractivity contribution in [2.45, 2.75) is 46.7 Å². The molecule has 1 aliphatic rings. The molecule has 0 bridgehead atoms. The second-order valence-electron chi connectivity index (χ2n) is 7.17. The van der Waals surface area contributed by atoms with E-state index in [1.807, 2.05) is 37.6 Å². The minimum absolute atomic E-state index is 0.560. The van der Waals surface area contributed by atoms with Crippen molar-refractivity contribution >= 4 is 11.6 Å². The third-order valence-corrected chi connectivity index (χ3v) is 5.26. The average molecular weight is 393 g/mol. The summed E-state index contributed by atoms with van der Waals surface area (Å²) in [6.07, 6.45) is 2.42. The lowest BCUT2D eigenvalue weighted by Crippen LogP contribution is -2.36. The second-order valence-corrected chi connectivity index (χ2v) is 7.58. The number of ether oxygens (including phenoxy) is 2. The highest BCUT2D eigenvalue weighted by Crippen LogP contribution is 2.37. The van der Waals surface area contributed by atoms with Crippen molar-refractivity contribution in [1.82, 2.24) is 19.7 Å². The van der Waals surface area contributed by atoms with Crippen LogP contribution in [0.5, 0.6) is 11.5 Å². The zero-order valence-corrected chi connectivity index (χ0v) is 17.4. The minimum Gasteiger partial charge on any atom is -0.493 e. The Labute approximate surface area is 166 Å². The Balaban J connectivity index is 1.66. The standard InChI is InChI=1S/C20H29ClN4O2/c1-5-27-20-18(21)9-17(10-19(20)26-4)12-24-8-6-7-16(11-24)13-25-15(3)22-14(2)23-25/h9-10,16H,5-8,11-13H2,1-4H3. The maximum absolute atomic E-state index is 6.42. The topological polar surface area (TPSA) is 52.4 Å². The van der Waals surface area contributed by atoms with Crippen LogP contribution in [-0.2, 0) is 13.1 Å². The van der Waals surface area contributed by atoms with E-state index in [0.29, 0.717) is 29.0 Å². The van der Waals surface area contributed by atoms with Crippen LogP contribution in [0, 0.1) is 19.8 Å². The number of methoxy groups -OCH3 is 1. The van der Waals surface area contributed by atoms with Gasteiger partial charge in [0.25, 0.3) is 0 Å². The van der Waals surface area contributed by atoms with Gasteiger partial charge in [-0.15, -0.1) is 0 Å². The Kier molecular flexibility index (Phi) is 6.60. The van der Waals surface area contributed by atoms with Crippen LogP contribution in [0.25, 0.3) is 0 Å². The molecule has 0 radical (unpaired) electrons. The highest BCUT2D eigenvalue weighted by Gasteiger charge is 2.22. The van der Waals surface area contributed by atoms with E-state index in [1.54, 1.807) is 7.11 Å². The summed E-state index contributed by atoms with van der Waals surface area (Å²) in [6, 6.07) is 4.02. The smallest absolute Gasteiger partial charge is 0.179 e. The van der Waals surface area contributed by atoms with Gasteiger partial charge in [0, 0.05) is 19.6 Å². The molecule has 148 valence electrons. The van der Waals surface area contributed by atoms with Gasteiger partial charge in [0.15, 0.2) is 11.5 Å². The van der Waals surface area contributed by atoms with Crippen LogP contribution in [0.2, 0.25) is 5.02 Å². The van der Waals surface area contributed by atoms with E-state index in [0.717, 1.165) is 43.4 Å². The van der Waals surface area contributed by atoms with Crippen LogP contribution in [0.3, 0.4) is 0 Å². The number of benzene rings is 1. The molecule has 3 rings (SSSR count). The molecule has 1 atom stereocenters. The van der Waals surface area contributed by atoms with Gasteiger partial charge in [0.1, 0.15) is 11.6 Å². The Morgan fingerprint density at radius 2 is 2.11 bits per heavy atom. The van der Waals surface area contributed by atoms with Gasteiger partial charge in [0.05, 0.1) is 18.7 Å². The molecule has 1 aromatic heterocycles. The summed E-state index contributed by atoms with van der Waals surface area (Å²) < 4.78 is 13.1. The fraction of sp³-hybridized carbons (Fsp3) is 0.600. The van der Waals surface area contributed by atoms with E-state index in [9.17, 15) is 0 Å². The van der Waals surface area contributed by atoms with E-state index >= 15 is 0 Å². The molecule has 0 N–H and O–H groups in total. The van der Waals surface area contributed by atoms with E-state index < -0.39 is 0 Å². The Morgan fingerprint density at radius 1 is 1.30 bits per heavy atom. The van der Waals surface area contributed by atoms with Crippen LogP contribution in [0.15, 0.2) is 12.1 Å². The number of aryl methyl sites for hydroxylation is 2. The van der Waals surface area contributed by atoms with Crippen molar-refractivity contribution in [2.75, 3.05) is 26.8 Å². The molecule has 1 unspecified atom stereocenters. The first-order chi connectivity index (χ1) is 13.0. The van der Waals surface area contributed by atoms with Crippen LogP contribution in [0.4, 0.5) is 0 Å². The number of likely N-dealkylation sites (tertiary alicyclic amines) is 1. The number of aromatic nitrogens is 3. The lowest BCUT2D eigenvalue weighted by Gasteiger charge is -2.33. The molecule has 1 saturated heterocycles. The van der Waals surface area contributed by atoms with Crippen molar-refractivity contribution in [1.29, 1.82) is 0 Å². The van der Waals surface area contributed by atoms with Crippen LogP contribution in [-0.4, -0.2) is 46.5 Å². The number of hydrogen-bond acceptors (Lipinski definition) is 5. The molecule has 7 heteroatoms. The summed E-state index contributed by atoms with van der Waals surface area (Å²) in [5.41, 5.74) is 1.15. The number of piperidine rings is 1. The van der Waals surface area contributed by atoms with Gasteiger partial charge >= 0.3 is 0 Å². The average Bonchev–Trinajstić information content (AvgIpc) is 2.94. The molecule has 6 nitrogen and oxygen atoms in total. The molecule has 27 heavy (non-hydrogen) atoms. The molecule has 0 aliphatic carbocycles. The molecule has 2 heterocycles. The predicted molar refractivity (Wildman–Crippen MR) is 107 cm³/mol. The first-order valence-corrected chi connectivity index (χ1v) is 9.97. The molecular formula is C20H29ClN4O2. The number of halogens is 1. The van der Waals surface area contributed by atoms with Crippen LogP contribution >= 0.6 is 11.6 Å². The first kappa shape index (κ1) is 20.0. The zero-order valence-electron chi connectivity index (χ0n) is 16.7. The third-order valence-electron chi connectivity index (χ3n) is 4.98. The Bertz CT molecular complexity index is 778. The molecular weight excluding hydrogens is 364 g/mol. The fourth-order valence-corrected chi connectivity index (χ4v) is 4.12. The Hall–Kier alpha value is -1.79. The van der Waals surface area contributed by atoms with Gasteiger partial charge in [-0.1, -0.05) is 11.6 Å². The number of rotatable bonds is 7. The predicted octanol–water partition coefficient (Wildman–Crippen LogP) is 3.87. The first-order valence-electron chi connectivity index (χ1n) is 9.59. The van der Waals surface area contributed by atoms with Gasteiger partial charge in [-0.05, 0) is 63.8 Å². The van der Waals surface area contributed by atoms with Gasteiger partial charge in [-0.2, -0.15) is 5.10 Å². The van der Waals surface area contributed by atoms with E-state index in [2.05, 4.69) is 15.0 Å². The summed E-state index contributed by atoms with van der Waals surface area (Å²) >= 11 is 6.42. The van der Waals surface area contributed by atoms with Crippen molar-refractivity contribution in [3.8, 4) is 11.5 Å². The SMILES string of the molecule is CCOc1c(Cl)cc(CN2CCCC(Cn3nc(C)nc3C)C2)cc1OC. The van der Waals surface area contributed by atoms with Gasteiger partial charge in [-0.25, -0.2) is 9.67 Å². The van der Waals surface area contributed by atoms with Crippen LogP contribution in [0.1, 0.15) is 37.0 Å². The van der Waals surface area contributed by atoms with Crippen molar-refractivity contribution in [3.63, 3.8) is 0 Å². The summed E-state index contributed by atoms with van der Waals surface area (Å²) in [7, 11) is 1.65. The van der Waals surface area contributed by atoms with Crippen molar-refractivity contribution in [2.24, 2.45) is 5.92 Å². The van der Waals surface area contributed by atoms with Crippen molar-refractivity contribution < 1.29 is 9.47 Å². The normalized spacial score (nSPS) is 17.9. The minimum atomic E-state index is 0.560. The Morgan fingerprint density at radius 3 is 2.78 bits per heavy atom. The third kappa shape index (κ3) is 4.93. The molecule has 1 aromatic carbocycles. The van der Waals surface area contributed by atoms with Gasteiger partial charge < -0.3 is 9.47 Å². The highest BCUT2D eigenvalue weighted by atomic mass is 35.5. The lowest BCUT2D eigenvalue weighted by atomic mass is 9.97. The molecule has 1 aliphatic heterocycles. The molecule has 0 amide bonds. The lowest BCUT2D eigenvalue weighted by molar-refractivity contribution is 0.152. The van der Waals surface area contributed by atoms with Gasteiger partial charge in [-0.3, -0.25) is 4.90 Å².